The number of carboxylic acids is 1. The number of rotatable bonds is 5. The summed E-state index contributed by atoms with van der Waals surface area (Å²) in [5.74, 6) is -0.255. The smallest absolute Gasteiger partial charge is 0.335 e. The number of phenols is 1. The van der Waals surface area contributed by atoms with Gasteiger partial charge >= 0.3 is 5.97 Å². The van der Waals surface area contributed by atoms with E-state index in [4.69, 9.17) is 14.6 Å². The van der Waals surface area contributed by atoms with E-state index < -0.39 is 5.97 Å². The quantitative estimate of drug-likeness (QED) is 0.829. The zero-order valence-electron chi connectivity index (χ0n) is 12.2. The first kappa shape index (κ1) is 15.4. The molecule has 5 nitrogen and oxygen atoms in total. The fourth-order valence-corrected chi connectivity index (χ4v) is 2.03. The van der Waals surface area contributed by atoms with Crippen LogP contribution in [0.4, 0.5) is 0 Å². The molecule has 22 heavy (non-hydrogen) atoms. The number of carboxylic acid groups (broad SMARTS) is 1. The van der Waals surface area contributed by atoms with E-state index in [1.54, 1.807) is 24.3 Å². The number of methoxy groups -OCH3 is 2. The van der Waals surface area contributed by atoms with E-state index in [2.05, 4.69) is 0 Å². The molecule has 0 saturated carbocycles. The SMILES string of the molecule is COc1c(O)ccc(/C=C/c2ccc(C(=O)O)cc2)c1OC. The molecular weight excluding hydrogens is 284 g/mol. The number of phenolic OH excluding ortho intramolecular Hbond substituents is 1. The summed E-state index contributed by atoms with van der Waals surface area (Å²) in [6.45, 7) is 0. The van der Waals surface area contributed by atoms with Crippen LogP contribution in [0.2, 0.25) is 0 Å². The predicted molar refractivity (Wildman–Crippen MR) is 83.5 cm³/mol. The second kappa shape index (κ2) is 6.67. The topological polar surface area (TPSA) is 76.0 Å². The molecule has 2 aromatic rings. The molecule has 2 aromatic carbocycles. The first-order valence-electron chi connectivity index (χ1n) is 6.52. The third-order valence-electron chi connectivity index (χ3n) is 3.14. The van der Waals surface area contributed by atoms with Crippen molar-refractivity contribution >= 4 is 18.1 Å². The highest BCUT2D eigenvalue weighted by atomic mass is 16.5. The Balaban J connectivity index is 2.32. The van der Waals surface area contributed by atoms with Crippen molar-refractivity contribution in [2.24, 2.45) is 0 Å². The minimum Gasteiger partial charge on any atom is -0.504 e. The van der Waals surface area contributed by atoms with Crippen molar-refractivity contribution in [1.82, 2.24) is 0 Å². The number of aromatic carboxylic acids is 1. The van der Waals surface area contributed by atoms with E-state index in [-0.39, 0.29) is 17.1 Å². The Hall–Kier alpha value is -2.95. The molecule has 0 aliphatic rings. The van der Waals surface area contributed by atoms with Gasteiger partial charge in [-0.3, -0.25) is 0 Å². The summed E-state index contributed by atoms with van der Waals surface area (Å²) >= 11 is 0. The minimum atomic E-state index is -0.958. The summed E-state index contributed by atoms with van der Waals surface area (Å²) in [6, 6.07) is 9.73. The average Bonchev–Trinajstić information content (AvgIpc) is 2.53. The van der Waals surface area contributed by atoms with Crippen molar-refractivity contribution < 1.29 is 24.5 Å². The Morgan fingerprint density at radius 3 is 2.14 bits per heavy atom. The highest BCUT2D eigenvalue weighted by molar-refractivity contribution is 5.88. The highest BCUT2D eigenvalue weighted by Crippen LogP contribution is 2.39. The van der Waals surface area contributed by atoms with Gasteiger partial charge in [0, 0.05) is 5.56 Å². The molecule has 0 unspecified atom stereocenters. The van der Waals surface area contributed by atoms with Crippen LogP contribution in [0.25, 0.3) is 12.2 Å². The zero-order valence-corrected chi connectivity index (χ0v) is 12.2. The van der Waals surface area contributed by atoms with Crippen molar-refractivity contribution in [3.8, 4) is 17.2 Å². The molecular formula is C17H16O5. The fraction of sp³-hybridized carbons (Fsp3) is 0.118. The molecule has 0 fully saturated rings. The lowest BCUT2D eigenvalue weighted by atomic mass is 10.1. The van der Waals surface area contributed by atoms with Crippen molar-refractivity contribution in [1.29, 1.82) is 0 Å². The van der Waals surface area contributed by atoms with Gasteiger partial charge in [0.2, 0.25) is 5.75 Å². The van der Waals surface area contributed by atoms with Gasteiger partial charge in [-0.25, -0.2) is 4.79 Å². The molecule has 0 aromatic heterocycles. The van der Waals surface area contributed by atoms with Crippen molar-refractivity contribution in [3.05, 3.63) is 53.1 Å². The number of hydrogen-bond acceptors (Lipinski definition) is 4. The summed E-state index contributed by atoms with van der Waals surface area (Å²) in [5, 5.41) is 18.6. The lowest BCUT2D eigenvalue weighted by Gasteiger charge is -2.11. The Labute approximate surface area is 128 Å². The zero-order chi connectivity index (χ0) is 16.1. The van der Waals surface area contributed by atoms with Crippen LogP contribution < -0.4 is 9.47 Å². The summed E-state index contributed by atoms with van der Waals surface area (Å²) in [7, 11) is 2.95. The molecule has 0 radical (unpaired) electrons. The second-order valence-corrected chi connectivity index (χ2v) is 4.50. The van der Waals surface area contributed by atoms with Crippen molar-refractivity contribution in [3.63, 3.8) is 0 Å². The number of ether oxygens (including phenoxy) is 2. The number of hydrogen-bond donors (Lipinski definition) is 2. The first-order valence-corrected chi connectivity index (χ1v) is 6.52. The van der Waals surface area contributed by atoms with Crippen LogP contribution in [0.15, 0.2) is 36.4 Å². The van der Waals surface area contributed by atoms with E-state index in [0.29, 0.717) is 5.75 Å². The Morgan fingerprint density at radius 2 is 1.59 bits per heavy atom. The molecule has 0 amide bonds. The van der Waals surface area contributed by atoms with Crippen LogP contribution in [0.3, 0.4) is 0 Å². The lowest BCUT2D eigenvalue weighted by Crippen LogP contribution is -1.95. The third-order valence-corrected chi connectivity index (χ3v) is 3.14. The lowest BCUT2D eigenvalue weighted by molar-refractivity contribution is 0.0697. The Kier molecular flexibility index (Phi) is 4.68. The van der Waals surface area contributed by atoms with Gasteiger partial charge in [0.15, 0.2) is 11.5 Å². The molecule has 114 valence electrons. The molecule has 2 N–H and O–H groups in total. The predicted octanol–water partition coefficient (Wildman–Crippen LogP) is 3.28. The molecule has 5 heteroatoms. The van der Waals surface area contributed by atoms with E-state index in [1.165, 1.54) is 32.4 Å². The largest absolute Gasteiger partial charge is 0.504 e. The van der Waals surface area contributed by atoms with Crippen molar-refractivity contribution in [2.75, 3.05) is 14.2 Å². The van der Waals surface area contributed by atoms with Crippen LogP contribution in [0.1, 0.15) is 21.5 Å². The van der Waals surface area contributed by atoms with Crippen LogP contribution in [-0.4, -0.2) is 30.4 Å². The van der Waals surface area contributed by atoms with Gasteiger partial charge in [-0.05, 0) is 29.8 Å². The third kappa shape index (κ3) is 3.20. The van der Waals surface area contributed by atoms with Gasteiger partial charge in [-0.15, -0.1) is 0 Å². The molecule has 0 heterocycles. The number of carbonyl (C=O) groups is 1. The molecule has 0 saturated heterocycles. The van der Waals surface area contributed by atoms with Crippen LogP contribution in [0, 0.1) is 0 Å². The molecule has 0 aliphatic heterocycles. The normalized spacial score (nSPS) is 10.6. The maximum atomic E-state index is 10.8. The van der Waals surface area contributed by atoms with Gasteiger partial charge in [-0.2, -0.15) is 0 Å². The van der Waals surface area contributed by atoms with Gasteiger partial charge in [0.25, 0.3) is 0 Å². The monoisotopic (exact) mass is 300 g/mol. The highest BCUT2D eigenvalue weighted by Gasteiger charge is 2.12. The van der Waals surface area contributed by atoms with Crippen LogP contribution in [-0.2, 0) is 0 Å². The number of benzene rings is 2. The van der Waals surface area contributed by atoms with Gasteiger partial charge in [-0.1, -0.05) is 24.3 Å². The second-order valence-electron chi connectivity index (χ2n) is 4.50. The standard InChI is InChI=1S/C17H16O5/c1-21-15-12(9-10-14(18)16(15)22-2)6-3-11-4-7-13(8-5-11)17(19)20/h3-10,18H,1-2H3,(H,19,20)/b6-3+. The summed E-state index contributed by atoms with van der Waals surface area (Å²) < 4.78 is 10.4. The average molecular weight is 300 g/mol. The molecule has 0 aliphatic carbocycles. The fourth-order valence-electron chi connectivity index (χ4n) is 2.03. The Bertz CT molecular complexity index is 702. The van der Waals surface area contributed by atoms with E-state index in [9.17, 15) is 9.90 Å². The van der Waals surface area contributed by atoms with Crippen LogP contribution in [0.5, 0.6) is 17.2 Å². The molecule has 0 atom stereocenters. The summed E-state index contributed by atoms with van der Waals surface area (Å²) in [5.41, 5.74) is 1.82. The maximum Gasteiger partial charge on any atom is 0.335 e. The number of aromatic hydroxyl groups is 1. The molecule has 0 bridgehead atoms. The molecule has 2 rings (SSSR count). The Morgan fingerprint density at radius 1 is 0.955 bits per heavy atom. The van der Waals surface area contributed by atoms with Crippen molar-refractivity contribution in [2.45, 2.75) is 0 Å². The van der Waals surface area contributed by atoms with E-state index >= 15 is 0 Å². The van der Waals surface area contributed by atoms with Gasteiger partial charge in [0.05, 0.1) is 19.8 Å². The summed E-state index contributed by atoms with van der Waals surface area (Å²) in [4.78, 5) is 10.8. The van der Waals surface area contributed by atoms with Gasteiger partial charge in [0.1, 0.15) is 0 Å². The van der Waals surface area contributed by atoms with E-state index in [0.717, 1.165) is 11.1 Å². The first-order chi connectivity index (χ1) is 10.6. The van der Waals surface area contributed by atoms with E-state index in [1.807, 2.05) is 6.08 Å². The molecule has 0 spiro atoms. The minimum absolute atomic E-state index is 0.00214. The summed E-state index contributed by atoms with van der Waals surface area (Å²) in [6.07, 6.45) is 3.62. The van der Waals surface area contributed by atoms with Crippen LogP contribution >= 0.6 is 0 Å². The maximum absolute atomic E-state index is 10.8. The van der Waals surface area contributed by atoms with Gasteiger partial charge < -0.3 is 19.7 Å².